The lowest BCUT2D eigenvalue weighted by atomic mass is 9.80. The lowest BCUT2D eigenvalue weighted by Gasteiger charge is -2.45. The fourth-order valence-corrected chi connectivity index (χ4v) is 5.80. The van der Waals surface area contributed by atoms with Crippen LogP contribution in [0.1, 0.15) is 24.0 Å². The van der Waals surface area contributed by atoms with Crippen LogP contribution in [-0.2, 0) is 31.7 Å². The largest absolute Gasteiger partial charge is 0.497 e. The van der Waals surface area contributed by atoms with Crippen molar-refractivity contribution in [3.63, 3.8) is 0 Å². The number of piperidine rings is 1. The summed E-state index contributed by atoms with van der Waals surface area (Å²) in [5.74, 6) is 0.855. The smallest absolute Gasteiger partial charge is 0.282 e. The predicted molar refractivity (Wildman–Crippen MR) is 96.4 cm³/mol. The summed E-state index contributed by atoms with van der Waals surface area (Å²) < 4.78 is 45.7. The Morgan fingerprint density at radius 2 is 1.73 bits per heavy atom. The molecule has 0 radical (unpaired) electrons. The first-order chi connectivity index (χ1) is 12.5. The van der Waals surface area contributed by atoms with Crippen LogP contribution in [0.25, 0.3) is 0 Å². The molecule has 2 fully saturated rings. The van der Waals surface area contributed by atoms with Gasteiger partial charge < -0.3 is 14.2 Å². The molecule has 3 heterocycles. The molecular weight excluding hydrogens is 356 g/mol. The summed E-state index contributed by atoms with van der Waals surface area (Å²) in [5, 5.41) is 0. The normalized spacial score (nSPS) is 24.3. The molecule has 0 aliphatic carbocycles. The van der Waals surface area contributed by atoms with Crippen LogP contribution < -0.4 is 4.74 Å². The Bertz CT molecular complexity index is 753. The monoisotopic (exact) mass is 382 g/mol. The lowest BCUT2D eigenvalue weighted by Crippen LogP contribution is -2.54. The molecule has 7 nitrogen and oxygen atoms in total. The van der Waals surface area contributed by atoms with Gasteiger partial charge in [-0.05, 0) is 42.5 Å². The Morgan fingerprint density at radius 3 is 2.42 bits per heavy atom. The van der Waals surface area contributed by atoms with Gasteiger partial charge in [0.2, 0.25) is 0 Å². The number of hydrogen-bond acceptors (Lipinski definition) is 5. The van der Waals surface area contributed by atoms with E-state index in [2.05, 4.69) is 12.1 Å². The van der Waals surface area contributed by atoms with Crippen LogP contribution in [0.3, 0.4) is 0 Å². The van der Waals surface area contributed by atoms with Crippen molar-refractivity contribution in [1.29, 1.82) is 0 Å². The fraction of sp³-hybridized carbons (Fsp3) is 0.667. The zero-order valence-electron chi connectivity index (χ0n) is 15.1. The summed E-state index contributed by atoms with van der Waals surface area (Å²) in [7, 11) is -1.74. The second-order valence-electron chi connectivity index (χ2n) is 7.03. The van der Waals surface area contributed by atoms with E-state index in [9.17, 15) is 8.42 Å². The van der Waals surface area contributed by atoms with Gasteiger partial charge in [0.25, 0.3) is 10.2 Å². The Balaban J connectivity index is 1.52. The third-order valence-electron chi connectivity index (χ3n) is 5.71. The van der Waals surface area contributed by atoms with Gasteiger partial charge in [-0.1, -0.05) is 6.07 Å². The van der Waals surface area contributed by atoms with E-state index in [1.165, 1.54) is 15.4 Å². The average molecular weight is 382 g/mol. The third-order valence-corrected chi connectivity index (χ3v) is 7.74. The van der Waals surface area contributed by atoms with Gasteiger partial charge in [-0.3, -0.25) is 0 Å². The number of morpholine rings is 1. The quantitative estimate of drug-likeness (QED) is 0.784. The molecule has 26 heavy (non-hydrogen) atoms. The Morgan fingerprint density at radius 1 is 1.04 bits per heavy atom. The van der Waals surface area contributed by atoms with Gasteiger partial charge in [0, 0.05) is 26.2 Å². The minimum Gasteiger partial charge on any atom is -0.497 e. The molecule has 0 atom stereocenters. The van der Waals surface area contributed by atoms with Gasteiger partial charge >= 0.3 is 0 Å². The number of rotatable bonds is 3. The number of nitrogens with zero attached hydrogens (tertiary/aromatic N) is 2. The minimum absolute atomic E-state index is 0.378. The summed E-state index contributed by atoms with van der Waals surface area (Å²) in [5.41, 5.74) is 2.06. The van der Waals surface area contributed by atoms with Crippen molar-refractivity contribution in [2.75, 3.05) is 53.1 Å². The second kappa shape index (κ2) is 7.09. The zero-order chi connectivity index (χ0) is 18.2. The van der Waals surface area contributed by atoms with Crippen molar-refractivity contribution in [2.45, 2.75) is 24.9 Å². The highest BCUT2D eigenvalue weighted by Gasteiger charge is 2.44. The van der Waals surface area contributed by atoms with E-state index in [1.54, 1.807) is 11.4 Å². The van der Waals surface area contributed by atoms with Crippen LogP contribution in [0.4, 0.5) is 0 Å². The maximum Gasteiger partial charge on any atom is 0.282 e. The van der Waals surface area contributed by atoms with E-state index in [0.29, 0.717) is 58.8 Å². The number of hydrogen-bond donors (Lipinski definition) is 0. The molecule has 144 valence electrons. The molecule has 0 bridgehead atoms. The first-order valence-corrected chi connectivity index (χ1v) is 10.6. The molecule has 0 saturated carbocycles. The van der Waals surface area contributed by atoms with Crippen molar-refractivity contribution in [1.82, 2.24) is 8.61 Å². The van der Waals surface area contributed by atoms with Crippen LogP contribution in [0, 0.1) is 0 Å². The summed E-state index contributed by atoms with van der Waals surface area (Å²) in [4.78, 5) is 0. The topological polar surface area (TPSA) is 68.3 Å². The molecule has 0 unspecified atom stereocenters. The molecule has 1 aromatic carbocycles. The number of benzene rings is 1. The molecule has 1 aromatic rings. The highest BCUT2D eigenvalue weighted by atomic mass is 32.2. The van der Waals surface area contributed by atoms with Gasteiger partial charge in [-0.15, -0.1) is 0 Å². The highest BCUT2D eigenvalue weighted by Crippen LogP contribution is 2.43. The average Bonchev–Trinajstić information content (AvgIpc) is 2.69. The maximum atomic E-state index is 12.9. The number of ether oxygens (including phenoxy) is 3. The molecule has 0 N–H and O–H groups in total. The minimum atomic E-state index is -3.42. The van der Waals surface area contributed by atoms with E-state index in [4.69, 9.17) is 14.2 Å². The maximum absolute atomic E-state index is 12.9. The third kappa shape index (κ3) is 3.14. The first-order valence-electron chi connectivity index (χ1n) is 9.19. The molecule has 0 aromatic heterocycles. The Kier molecular flexibility index (Phi) is 4.96. The van der Waals surface area contributed by atoms with Gasteiger partial charge in [0.15, 0.2) is 0 Å². The molecular formula is C18H26N2O5S. The SMILES string of the molecule is COc1ccc2c(c1)CCOC21CCN(S(=O)(=O)N2CCOCC2)CC1. The van der Waals surface area contributed by atoms with E-state index in [1.807, 2.05) is 6.07 Å². The van der Waals surface area contributed by atoms with Gasteiger partial charge in [0.05, 0.1) is 32.5 Å². The first kappa shape index (κ1) is 18.2. The van der Waals surface area contributed by atoms with Crippen LogP contribution in [0.15, 0.2) is 18.2 Å². The molecule has 4 rings (SSSR count). The summed E-state index contributed by atoms with van der Waals surface area (Å²) in [6.45, 7) is 3.42. The van der Waals surface area contributed by atoms with E-state index >= 15 is 0 Å². The zero-order valence-corrected chi connectivity index (χ0v) is 16.0. The van der Waals surface area contributed by atoms with Gasteiger partial charge in [-0.25, -0.2) is 0 Å². The van der Waals surface area contributed by atoms with E-state index in [-0.39, 0.29) is 5.60 Å². The number of fused-ring (bicyclic) bond motifs is 2. The standard InChI is InChI=1S/C18H26N2O5S/c1-23-16-2-3-17-15(14-16)4-11-25-18(17)5-7-19(8-6-18)26(21,22)20-9-12-24-13-10-20/h2-3,14H,4-13H2,1H3. The predicted octanol–water partition coefficient (Wildman–Crippen LogP) is 1.14. The molecule has 3 aliphatic rings. The summed E-state index contributed by atoms with van der Waals surface area (Å²) >= 11 is 0. The van der Waals surface area contributed by atoms with E-state index in [0.717, 1.165) is 12.2 Å². The van der Waals surface area contributed by atoms with Crippen molar-refractivity contribution in [3.05, 3.63) is 29.3 Å². The number of methoxy groups -OCH3 is 1. The van der Waals surface area contributed by atoms with Crippen molar-refractivity contribution in [2.24, 2.45) is 0 Å². The highest BCUT2D eigenvalue weighted by molar-refractivity contribution is 7.86. The van der Waals surface area contributed by atoms with Crippen LogP contribution in [-0.4, -0.2) is 70.1 Å². The Hall–Kier alpha value is -1.19. The van der Waals surface area contributed by atoms with Crippen molar-refractivity contribution < 1.29 is 22.6 Å². The summed E-state index contributed by atoms with van der Waals surface area (Å²) in [6.07, 6.45) is 2.22. The molecule has 0 amide bonds. The van der Waals surface area contributed by atoms with Crippen molar-refractivity contribution in [3.8, 4) is 5.75 Å². The Labute approximate surface area is 155 Å². The van der Waals surface area contributed by atoms with Crippen LogP contribution in [0.5, 0.6) is 5.75 Å². The van der Waals surface area contributed by atoms with Gasteiger partial charge in [0.1, 0.15) is 5.75 Å². The summed E-state index contributed by atoms with van der Waals surface area (Å²) in [6, 6.07) is 6.13. The van der Waals surface area contributed by atoms with Crippen LogP contribution >= 0.6 is 0 Å². The fourth-order valence-electron chi connectivity index (χ4n) is 4.21. The van der Waals surface area contributed by atoms with Gasteiger partial charge in [-0.2, -0.15) is 17.0 Å². The molecule has 2 saturated heterocycles. The lowest BCUT2D eigenvalue weighted by molar-refractivity contribution is -0.0898. The molecule has 1 spiro atoms. The van der Waals surface area contributed by atoms with Crippen molar-refractivity contribution >= 4 is 10.2 Å². The van der Waals surface area contributed by atoms with E-state index < -0.39 is 10.2 Å². The molecule has 3 aliphatic heterocycles. The molecule has 8 heteroatoms. The second-order valence-corrected chi connectivity index (χ2v) is 8.96. The van der Waals surface area contributed by atoms with Crippen LogP contribution in [0.2, 0.25) is 0 Å².